The predicted octanol–water partition coefficient (Wildman–Crippen LogP) is 1.70. The summed E-state index contributed by atoms with van der Waals surface area (Å²) in [4.78, 5) is 38.1. The van der Waals surface area contributed by atoms with Crippen molar-refractivity contribution in [1.29, 1.82) is 0 Å². The quantitative estimate of drug-likeness (QED) is 0.364. The first-order valence-corrected chi connectivity index (χ1v) is 5.98. The molecule has 0 saturated heterocycles. The number of hydrogen-bond acceptors (Lipinski definition) is 5. The second-order valence-electron chi connectivity index (χ2n) is 4.05. The van der Waals surface area contributed by atoms with Gasteiger partial charge in [-0.15, -0.1) is 0 Å². The summed E-state index contributed by atoms with van der Waals surface area (Å²) < 4.78 is 0. The zero-order valence-electron chi connectivity index (χ0n) is 10.5. The Morgan fingerprint density at radius 2 is 2.00 bits per heavy atom. The Labute approximate surface area is 106 Å². The van der Waals surface area contributed by atoms with E-state index in [-0.39, 0.29) is 18.4 Å². The number of nitrogens with zero attached hydrogens (tertiary/aromatic N) is 2. The van der Waals surface area contributed by atoms with Crippen molar-refractivity contribution in [3.05, 3.63) is 0 Å². The average molecular weight is 254 g/mol. The molecule has 0 radical (unpaired) electrons. The third-order valence-corrected chi connectivity index (χ3v) is 2.69. The fourth-order valence-electron chi connectivity index (χ4n) is 1.90. The summed E-state index contributed by atoms with van der Waals surface area (Å²) in [5, 5.41) is 8.85. The molecule has 2 atom stereocenters. The second-order valence-corrected chi connectivity index (χ2v) is 4.05. The summed E-state index contributed by atoms with van der Waals surface area (Å²) in [7, 11) is 0. The van der Waals surface area contributed by atoms with Crippen LogP contribution in [0.4, 0.5) is 0 Å². The van der Waals surface area contributed by atoms with E-state index >= 15 is 0 Å². The van der Waals surface area contributed by atoms with E-state index in [9.17, 15) is 14.4 Å². The lowest BCUT2D eigenvalue weighted by atomic mass is 9.89. The Hall–Kier alpha value is -1.77. The number of isocyanates is 2. The van der Waals surface area contributed by atoms with Crippen molar-refractivity contribution >= 4 is 18.1 Å². The van der Waals surface area contributed by atoms with Gasteiger partial charge >= 0.3 is 5.97 Å². The summed E-state index contributed by atoms with van der Waals surface area (Å²) in [5.41, 5.74) is 0. The molecule has 0 aromatic heterocycles. The molecule has 0 aromatic rings. The van der Waals surface area contributed by atoms with E-state index in [2.05, 4.69) is 9.98 Å². The number of aliphatic imine (C=N–C) groups is 2. The molecule has 0 rings (SSSR count). The Kier molecular flexibility index (Phi) is 9.37. The fraction of sp³-hybridized carbons (Fsp3) is 0.750. The molecule has 0 aliphatic carbocycles. The molecule has 2 unspecified atom stereocenters. The molecule has 0 aliphatic heterocycles. The van der Waals surface area contributed by atoms with Gasteiger partial charge in [0.1, 0.15) is 0 Å². The first-order valence-electron chi connectivity index (χ1n) is 5.98. The topological polar surface area (TPSA) is 96.2 Å². The molecular formula is C12H18N2O4. The number of hydrogen-bond donors (Lipinski definition) is 1. The normalized spacial score (nSPS) is 12.9. The summed E-state index contributed by atoms with van der Waals surface area (Å²) >= 11 is 0. The first-order chi connectivity index (χ1) is 8.65. The largest absolute Gasteiger partial charge is 0.481 e. The molecule has 100 valence electrons. The number of carbonyl (C=O) groups is 1. The predicted molar refractivity (Wildman–Crippen MR) is 64.8 cm³/mol. The summed E-state index contributed by atoms with van der Waals surface area (Å²) in [6, 6.07) is -0.316. The molecule has 0 heterocycles. The smallest absolute Gasteiger partial charge is 0.303 e. The molecule has 0 amide bonds. The van der Waals surface area contributed by atoms with Gasteiger partial charge in [-0.2, -0.15) is 0 Å². The standard InChI is InChI=1S/C12H18N2O4/c1-2-4-11(14-9-16)10(7-12(17)18)5-3-6-13-8-15/h10-11H,2-7H2,1H3,(H,17,18). The van der Waals surface area contributed by atoms with Gasteiger partial charge in [0.2, 0.25) is 12.2 Å². The van der Waals surface area contributed by atoms with Crippen LogP contribution in [0.15, 0.2) is 9.98 Å². The van der Waals surface area contributed by atoms with Gasteiger partial charge in [-0.1, -0.05) is 13.3 Å². The Balaban J connectivity index is 4.54. The van der Waals surface area contributed by atoms with Crippen LogP contribution in [0.25, 0.3) is 0 Å². The van der Waals surface area contributed by atoms with Crippen LogP contribution in [0.3, 0.4) is 0 Å². The number of rotatable bonds is 10. The minimum Gasteiger partial charge on any atom is -0.481 e. The highest BCUT2D eigenvalue weighted by Gasteiger charge is 2.22. The van der Waals surface area contributed by atoms with E-state index in [1.54, 1.807) is 0 Å². The lowest BCUT2D eigenvalue weighted by molar-refractivity contribution is -0.138. The zero-order chi connectivity index (χ0) is 13.8. The summed E-state index contributed by atoms with van der Waals surface area (Å²) in [6.07, 6.45) is 5.52. The monoisotopic (exact) mass is 254 g/mol. The van der Waals surface area contributed by atoms with Crippen LogP contribution in [0.2, 0.25) is 0 Å². The maximum absolute atomic E-state index is 10.8. The molecule has 6 nitrogen and oxygen atoms in total. The Morgan fingerprint density at radius 1 is 1.28 bits per heavy atom. The van der Waals surface area contributed by atoms with E-state index in [4.69, 9.17) is 5.11 Å². The van der Waals surface area contributed by atoms with Gasteiger partial charge in [0.25, 0.3) is 0 Å². The van der Waals surface area contributed by atoms with Gasteiger partial charge < -0.3 is 5.11 Å². The Bertz CT molecular complexity index is 344. The van der Waals surface area contributed by atoms with Crippen LogP contribution in [0.5, 0.6) is 0 Å². The number of carbonyl (C=O) groups excluding carboxylic acids is 2. The van der Waals surface area contributed by atoms with Crippen molar-refractivity contribution in [2.75, 3.05) is 6.54 Å². The van der Waals surface area contributed by atoms with E-state index in [0.717, 1.165) is 6.42 Å². The van der Waals surface area contributed by atoms with E-state index < -0.39 is 5.97 Å². The van der Waals surface area contributed by atoms with Crippen molar-refractivity contribution in [2.24, 2.45) is 15.9 Å². The zero-order valence-corrected chi connectivity index (χ0v) is 10.5. The van der Waals surface area contributed by atoms with Gasteiger partial charge in [-0.05, 0) is 25.2 Å². The number of aliphatic carboxylic acids is 1. The SMILES string of the molecule is CCCC(N=C=O)C(CCCN=C=O)CC(=O)O. The second kappa shape index (κ2) is 10.4. The van der Waals surface area contributed by atoms with Crippen molar-refractivity contribution in [1.82, 2.24) is 0 Å². The highest BCUT2D eigenvalue weighted by molar-refractivity contribution is 5.67. The Morgan fingerprint density at radius 3 is 2.50 bits per heavy atom. The highest BCUT2D eigenvalue weighted by atomic mass is 16.4. The van der Waals surface area contributed by atoms with Gasteiger partial charge in [0.15, 0.2) is 0 Å². The lowest BCUT2D eigenvalue weighted by Crippen LogP contribution is -2.22. The fourth-order valence-corrected chi connectivity index (χ4v) is 1.90. The van der Waals surface area contributed by atoms with Crippen molar-refractivity contribution in [3.63, 3.8) is 0 Å². The molecule has 0 bridgehead atoms. The summed E-state index contributed by atoms with van der Waals surface area (Å²) in [5.74, 6) is -1.13. The van der Waals surface area contributed by atoms with E-state index in [1.165, 1.54) is 12.2 Å². The van der Waals surface area contributed by atoms with Gasteiger partial charge in [0.05, 0.1) is 19.0 Å². The molecule has 1 N–H and O–H groups in total. The third-order valence-electron chi connectivity index (χ3n) is 2.69. The van der Waals surface area contributed by atoms with Crippen molar-refractivity contribution in [3.8, 4) is 0 Å². The maximum Gasteiger partial charge on any atom is 0.303 e. The first kappa shape index (κ1) is 16.2. The highest BCUT2D eigenvalue weighted by Crippen LogP contribution is 2.22. The summed E-state index contributed by atoms with van der Waals surface area (Å²) in [6.45, 7) is 2.27. The lowest BCUT2D eigenvalue weighted by Gasteiger charge is -2.20. The molecule has 0 aromatic carbocycles. The van der Waals surface area contributed by atoms with Crippen LogP contribution in [-0.4, -0.2) is 35.8 Å². The van der Waals surface area contributed by atoms with Crippen molar-refractivity contribution in [2.45, 2.75) is 45.1 Å². The third kappa shape index (κ3) is 7.49. The molecule has 0 aliphatic rings. The molecule has 18 heavy (non-hydrogen) atoms. The van der Waals surface area contributed by atoms with Crippen LogP contribution >= 0.6 is 0 Å². The molecule has 0 spiro atoms. The average Bonchev–Trinajstić information content (AvgIpc) is 2.32. The van der Waals surface area contributed by atoms with E-state index in [0.29, 0.717) is 25.8 Å². The van der Waals surface area contributed by atoms with Gasteiger partial charge in [-0.3, -0.25) is 4.79 Å². The van der Waals surface area contributed by atoms with Gasteiger partial charge in [0, 0.05) is 0 Å². The van der Waals surface area contributed by atoms with Crippen LogP contribution in [-0.2, 0) is 14.4 Å². The molecular weight excluding hydrogens is 236 g/mol. The van der Waals surface area contributed by atoms with E-state index in [1.807, 2.05) is 6.92 Å². The van der Waals surface area contributed by atoms with Crippen LogP contribution in [0, 0.1) is 5.92 Å². The molecule has 0 saturated carbocycles. The van der Waals surface area contributed by atoms with Gasteiger partial charge in [-0.25, -0.2) is 19.6 Å². The number of carboxylic acids is 1. The van der Waals surface area contributed by atoms with Crippen LogP contribution < -0.4 is 0 Å². The minimum atomic E-state index is -0.916. The number of carboxylic acid groups (broad SMARTS) is 1. The maximum atomic E-state index is 10.8. The van der Waals surface area contributed by atoms with Crippen LogP contribution in [0.1, 0.15) is 39.0 Å². The molecule has 0 fully saturated rings. The van der Waals surface area contributed by atoms with Crippen molar-refractivity contribution < 1.29 is 19.5 Å². The minimum absolute atomic E-state index is 0.0410. The molecule has 6 heteroatoms.